The van der Waals surface area contributed by atoms with E-state index in [9.17, 15) is 9.18 Å². The molecule has 0 atom stereocenters. The summed E-state index contributed by atoms with van der Waals surface area (Å²) in [5.41, 5.74) is 1.03. The molecular formula is C31H51FN3O3S+. The maximum atomic E-state index is 13.8. The molecule has 0 aliphatic rings. The van der Waals surface area contributed by atoms with Gasteiger partial charge in [0.2, 0.25) is 0 Å². The monoisotopic (exact) mass is 564 g/mol. The number of nitrogens with one attached hydrogen (secondary N) is 2. The molecule has 2 aromatic rings. The number of anilines is 1. The number of hydrogen-bond acceptors (Lipinski definition) is 5. The molecule has 8 heteroatoms. The van der Waals surface area contributed by atoms with E-state index in [1.54, 1.807) is 11.9 Å². The van der Waals surface area contributed by atoms with Gasteiger partial charge in [-0.15, -0.1) is 0 Å². The Morgan fingerprint density at radius 1 is 0.897 bits per heavy atom. The number of likely N-dealkylation sites (N-methyl/N-ethyl adjacent to an activating group) is 1. The number of rotatable bonds is 19. The lowest BCUT2D eigenvalue weighted by Gasteiger charge is -2.37. The smallest absolute Gasteiger partial charge is 0.259 e. The van der Waals surface area contributed by atoms with E-state index in [0.717, 1.165) is 61.9 Å². The molecule has 0 spiro atoms. The zero-order valence-corrected chi connectivity index (χ0v) is 25.5. The van der Waals surface area contributed by atoms with E-state index >= 15 is 0 Å². The van der Waals surface area contributed by atoms with E-state index in [1.807, 2.05) is 24.3 Å². The molecule has 3 N–H and O–H groups in total. The van der Waals surface area contributed by atoms with Crippen molar-refractivity contribution >= 4 is 23.5 Å². The summed E-state index contributed by atoms with van der Waals surface area (Å²) in [6, 6.07) is 11.8. The summed E-state index contributed by atoms with van der Waals surface area (Å²) in [5, 5.41) is 9.91. The number of nitrogens with zero attached hydrogens (tertiary/aromatic N) is 1. The quantitative estimate of drug-likeness (QED) is 0.0950. The first kappa shape index (κ1) is 34.9. The van der Waals surface area contributed by atoms with Gasteiger partial charge in [-0.3, -0.25) is 9.52 Å². The average molecular weight is 565 g/mol. The molecule has 220 valence electrons. The minimum Gasteiger partial charge on any atom is -0.493 e. The molecule has 0 saturated heterocycles. The largest absolute Gasteiger partial charge is 0.493 e. The van der Waals surface area contributed by atoms with Crippen molar-refractivity contribution in [1.29, 1.82) is 0 Å². The Kier molecular flexibility index (Phi) is 18.5. The van der Waals surface area contributed by atoms with Crippen LogP contribution in [0, 0.1) is 5.82 Å². The van der Waals surface area contributed by atoms with Crippen LogP contribution in [0.2, 0.25) is 0 Å². The van der Waals surface area contributed by atoms with Gasteiger partial charge in [0.05, 0.1) is 44.9 Å². The zero-order chi connectivity index (χ0) is 28.9. The van der Waals surface area contributed by atoms with Crippen LogP contribution in [0.5, 0.6) is 5.75 Å². The summed E-state index contributed by atoms with van der Waals surface area (Å²) in [4.78, 5) is 14.0. The minimum absolute atomic E-state index is 0.289. The summed E-state index contributed by atoms with van der Waals surface area (Å²) in [7, 11) is 1.00. The summed E-state index contributed by atoms with van der Waals surface area (Å²) < 4.78 is 24.3. The number of aliphatic hydroxyl groups excluding tert-OH is 1. The number of aliphatic hydroxyl groups is 1. The first-order chi connectivity index (χ1) is 19.0. The lowest BCUT2D eigenvalue weighted by atomic mass is 10.1. The maximum absolute atomic E-state index is 13.8. The van der Waals surface area contributed by atoms with Crippen molar-refractivity contribution in [3.05, 3.63) is 53.8 Å². The Morgan fingerprint density at radius 3 is 2.21 bits per heavy atom. The molecule has 0 radical (unpaired) electrons. The minimum atomic E-state index is -0.411. The Morgan fingerprint density at radius 2 is 1.56 bits per heavy atom. The fourth-order valence-electron chi connectivity index (χ4n) is 4.37. The highest BCUT2D eigenvalue weighted by molar-refractivity contribution is 7.97. The van der Waals surface area contributed by atoms with E-state index in [4.69, 9.17) is 9.84 Å². The zero-order valence-electron chi connectivity index (χ0n) is 24.7. The van der Waals surface area contributed by atoms with Crippen LogP contribution >= 0.6 is 11.9 Å². The molecule has 2 rings (SSSR count). The number of ether oxygens (including phenoxy) is 1. The number of carbonyl (C=O) groups is 1. The van der Waals surface area contributed by atoms with Crippen molar-refractivity contribution in [2.75, 3.05) is 51.8 Å². The molecular weight excluding hydrogens is 513 g/mol. The fourth-order valence-corrected chi connectivity index (χ4v) is 5.01. The SMILES string of the molecule is CCCCCCCOc1cc(F)ccc1C(=O)Nc1ccc(SNCC[N+](CC)(CC)CCCC)cc1.CO. The molecule has 0 unspecified atom stereocenters. The number of hydrogen-bond donors (Lipinski definition) is 3. The summed E-state index contributed by atoms with van der Waals surface area (Å²) >= 11 is 1.62. The van der Waals surface area contributed by atoms with Crippen LogP contribution in [-0.2, 0) is 0 Å². The van der Waals surface area contributed by atoms with Gasteiger partial charge in [-0.05, 0) is 75.0 Å². The van der Waals surface area contributed by atoms with Gasteiger partial charge in [0, 0.05) is 23.8 Å². The molecule has 0 aromatic heterocycles. The van der Waals surface area contributed by atoms with Crippen LogP contribution in [-0.4, -0.2) is 61.9 Å². The maximum Gasteiger partial charge on any atom is 0.259 e. The van der Waals surface area contributed by atoms with Crippen molar-refractivity contribution < 1.29 is 23.5 Å². The second-order valence-electron chi connectivity index (χ2n) is 9.65. The first-order valence-corrected chi connectivity index (χ1v) is 15.3. The third kappa shape index (κ3) is 13.2. The van der Waals surface area contributed by atoms with Crippen LogP contribution in [0.3, 0.4) is 0 Å². The van der Waals surface area contributed by atoms with Gasteiger partial charge in [-0.2, -0.15) is 0 Å². The molecule has 0 bridgehead atoms. The van der Waals surface area contributed by atoms with E-state index in [0.29, 0.717) is 17.9 Å². The van der Waals surface area contributed by atoms with Gasteiger partial charge in [0.15, 0.2) is 0 Å². The highest BCUT2D eigenvalue weighted by Crippen LogP contribution is 2.23. The molecule has 6 nitrogen and oxygen atoms in total. The molecule has 0 fully saturated rings. The predicted molar refractivity (Wildman–Crippen MR) is 163 cm³/mol. The Labute approximate surface area is 240 Å². The number of quaternary nitrogens is 1. The van der Waals surface area contributed by atoms with Gasteiger partial charge in [-0.25, -0.2) is 4.39 Å². The number of halogens is 1. The van der Waals surface area contributed by atoms with Crippen molar-refractivity contribution in [2.24, 2.45) is 0 Å². The van der Waals surface area contributed by atoms with Crippen LogP contribution in [0.25, 0.3) is 0 Å². The lowest BCUT2D eigenvalue weighted by Crippen LogP contribution is -2.51. The number of benzene rings is 2. The van der Waals surface area contributed by atoms with E-state index in [-0.39, 0.29) is 11.7 Å². The topological polar surface area (TPSA) is 70.6 Å². The molecule has 0 heterocycles. The van der Waals surface area contributed by atoms with E-state index < -0.39 is 5.82 Å². The molecule has 0 aliphatic heterocycles. The summed E-state index contributed by atoms with van der Waals surface area (Å²) in [5.74, 6) is -0.428. The third-order valence-corrected chi connectivity index (χ3v) is 7.87. The lowest BCUT2D eigenvalue weighted by molar-refractivity contribution is -0.923. The summed E-state index contributed by atoms with van der Waals surface area (Å²) in [6.45, 7) is 15.1. The fraction of sp³-hybridized carbons (Fsp3) is 0.581. The van der Waals surface area contributed by atoms with Gasteiger partial charge in [0.1, 0.15) is 11.6 Å². The van der Waals surface area contributed by atoms with Crippen LogP contribution in [0.15, 0.2) is 47.4 Å². The Hall–Kier alpha value is -2.13. The van der Waals surface area contributed by atoms with Crippen molar-refractivity contribution in [3.63, 3.8) is 0 Å². The van der Waals surface area contributed by atoms with Crippen LogP contribution in [0.4, 0.5) is 10.1 Å². The molecule has 39 heavy (non-hydrogen) atoms. The van der Waals surface area contributed by atoms with Gasteiger partial charge in [0.25, 0.3) is 5.91 Å². The predicted octanol–water partition coefficient (Wildman–Crippen LogP) is 7.29. The normalized spacial score (nSPS) is 11.1. The second kappa shape index (κ2) is 20.7. The highest BCUT2D eigenvalue weighted by atomic mass is 32.2. The Balaban J connectivity index is 0.00000371. The molecule has 0 saturated carbocycles. The number of unbranched alkanes of at least 4 members (excludes halogenated alkanes) is 5. The Bertz CT molecular complexity index is 924. The van der Waals surface area contributed by atoms with Gasteiger partial charge < -0.3 is 19.6 Å². The number of amides is 1. The molecule has 0 aliphatic carbocycles. The average Bonchev–Trinajstić information content (AvgIpc) is 2.96. The first-order valence-electron chi connectivity index (χ1n) is 14.5. The van der Waals surface area contributed by atoms with Gasteiger partial charge >= 0.3 is 0 Å². The standard InChI is InChI=1S/C30H46FN3O2S.CH4O/c1-5-9-11-12-13-23-36-29-24-25(31)14-19-28(29)30(35)33-26-15-17-27(18-16-26)37-32-20-22-34(7-3,8-4)21-10-6-2;1-2/h14-19,24,32H,5-13,20-23H2,1-4H3;2H,1H3/p+1. The van der Waals surface area contributed by atoms with E-state index in [2.05, 4.69) is 37.7 Å². The van der Waals surface area contributed by atoms with Gasteiger partial charge in [-0.1, -0.05) is 46.0 Å². The van der Waals surface area contributed by atoms with Crippen molar-refractivity contribution in [1.82, 2.24) is 4.72 Å². The summed E-state index contributed by atoms with van der Waals surface area (Å²) in [6.07, 6.45) is 8.02. The highest BCUT2D eigenvalue weighted by Gasteiger charge is 2.21. The van der Waals surface area contributed by atoms with Crippen LogP contribution in [0.1, 0.15) is 83.0 Å². The van der Waals surface area contributed by atoms with Crippen molar-refractivity contribution in [3.8, 4) is 5.75 Å². The second-order valence-corrected chi connectivity index (χ2v) is 10.6. The third-order valence-electron chi connectivity index (χ3n) is 7.01. The molecule has 2 aromatic carbocycles. The number of carbonyl (C=O) groups excluding carboxylic acids is 1. The van der Waals surface area contributed by atoms with Crippen LogP contribution < -0.4 is 14.8 Å². The van der Waals surface area contributed by atoms with E-state index in [1.165, 1.54) is 50.4 Å². The van der Waals surface area contributed by atoms with Crippen molar-refractivity contribution in [2.45, 2.75) is 77.5 Å². The molecule has 1 amide bonds.